The average molecular weight is 349 g/mol. The van der Waals surface area contributed by atoms with Gasteiger partial charge in [0.25, 0.3) is 5.91 Å². The molecule has 1 saturated heterocycles. The number of hydrogen-bond acceptors (Lipinski definition) is 3. The summed E-state index contributed by atoms with van der Waals surface area (Å²) in [6, 6.07) is 4.19. The molecule has 0 bridgehead atoms. The molecule has 3 N–H and O–H groups in total. The molecule has 0 aliphatic carbocycles. The molecule has 6 nitrogen and oxygen atoms in total. The van der Waals surface area contributed by atoms with Crippen molar-refractivity contribution >= 4 is 11.8 Å². The predicted octanol–water partition coefficient (Wildman–Crippen LogP) is 1.35. The van der Waals surface area contributed by atoms with E-state index in [-0.39, 0.29) is 24.2 Å². The van der Waals surface area contributed by atoms with Gasteiger partial charge in [0.1, 0.15) is 5.69 Å². The van der Waals surface area contributed by atoms with Gasteiger partial charge in [-0.3, -0.25) is 9.59 Å². The lowest BCUT2D eigenvalue weighted by Crippen LogP contribution is -2.33. The van der Waals surface area contributed by atoms with Crippen LogP contribution in [0.2, 0.25) is 0 Å². The Labute approximate surface area is 142 Å². The number of β-amino-alcohol motifs (C(OH)–C–C–N with tert-alkyl or cyclic N) is 1. The molecule has 2 amide bonds. The number of halogens is 2. The van der Waals surface area contributed by atoms with Crippen molar-refractivity contribution in [2.24, 2.45) is 12.8 Å². The van der Waals surface area contributed by atoms with E-state index in [1.54, 1.807) is 7.05 Å². The number of amides is 2. The smallest absolute Gasteiger partial charge is 0.271 e. The molecule has 1 aromatic heterocycles. The minimum Gasteiger partial charge on any atom is -0.391 e. The van der Waals surface area contributed by atoms with Crippen LogP contribution < -0.4 is 5.73 Å². The molecule has 132 valence electrons. The number of likely N-dealkylation sites (tertiary alicyclic amines) is 1. The lowest BCUT2D eigenvalue weighted by atomic mass is 10.0. The monoisotopic (exact) mass is 349 g/mol. The zero-order chi connectivity index (χ0) is 18.3. The van der Waals surface area contributed by atoms with Gasteiger partial charge in [0.05, 0.1) is 17.7 Å². The summed E-state index contributed by atoms with van der Waals surface area (Å²) < 4.78 is 28.2. The van der Waals surface area contributed by atoms with Gasteiger partial charge in [-0.15, -0.1) is 0 Å². The first-order valence-electron chi connectivity index (χ1n) is 7.68. The van der Waals surface area contributed by atoms with Crippen LogP contribution in [0.3, 0.4) is 0 Å². The average Bonchev–Trinajstić information content (AvgIpc) is 3.13. The number of aliphatic hydroxyl groups is 1. The fraction of sp³-hybridized carbons (Fsp3) is 0.294. The van der Waals surface area contributed by atoms with Crippen LogP contribution in [0.4, 0.5) is 8.78 Å². The van der Waals surface area contributed by atoms with Crippen LogP contribution in [-0.4, -0.2) is 39.0 Å². The van der Waals surface area contributed by atoms with Crippen LogP contribution in [0.25, 0.3) is 0 Å². The zero-order valence-electron chi connectivity index (χ0n) is 13.4. The Hall–Kier alpha value is -2.74. The van der Waals surface area contributed by atoms with E-state index in [9.17, 15) is 23.5 Å². The van der Waals surface area contributed by atoms with Crippen molar-refractivity contribution in [3.63, 3.8) is 0 Å². The third kappa shape index (κ3) is 3.12. The van der Waals surface area contributed by atoms with Gasteiger partial charge in [0, 0.05) is 19.8 Å². The fourth-order valence-electron chi connectivity index (χ4n) is 3.13. The standard InChI is InChI=1S/C17H17F2N3O3/c1-21-7-10(16(20)24)5-15(21)17(25)22-8-11(23)6-14(22)9-2-3-12(18)13(19)4-9/h2-5,7,11,14,23H,6,8H2,1H3,(H2,20,24)/t11-,14+/m0/s1. The van der Waals surface area contributed by atoms with Gasteiger partial charge in [-0.1, -0.05) is 6.07 Å². The van der Waals surface area contributed by atoms with Gasteiger partial charge in [-0.25, -0.2) is 8.78 Å². The highest BCUT2D eigenvalue weighted by Gasteiger charge is 2.37. The Balaban J connectivity index is 1.95. The van der Waals surface area contributed by atoms with Crippen molar-refractivity contribution in [1.29, 1.82) is 0 Å². The molecule has 3 rings (SSSR count). The summed E-state index contributed by atoms with van der Waals surface area (Å²) in [6.45, 7) is 0.0551. The number of hydrogen-bond donors (Lipinski definition) is 2. The molecule has 0 unspecified atom stereocenters. The van der Waals surface area contributed by atoms with Crippen LogP contribution in [0.5, 0.6) is 0 Å². The number of nitrogens with two attached hydrogens (primary N) is 1. The molecule has 2 heterocycles. The highest BCUT2D eigenvalue weighted by atomic mass is 19.2. The Kier molecular flexibility index (Phi) is 4.30. The molecule has 1 fully saturated rings. The molecular weight excluding hydrogens is 332 g/mol. The maximum atomic E-state index is 13.5. The summed E-state index contributed by atoms with van der Waals surface area (Å²) in [4.78, 5) is 25.5. The summed E-state index contributed by atoms with van der Waals surface area (Å²) in [6.07, 6.45) is 0.872. The second kappa shape index (κ2) is 6.29. The van der Waals surface area contributed by atoms with E-state index in [2.05, 4.69) is 0 Å². The van der Waals surface area contributed by atoms with Crippen molar-refractivity contribution in [2.75, 3.05) is 6.54 Å². The lowest BCUT2D eigenvalue weighted by molar-refractivity contribution is 0.0706. The minimum atomic E-state index is -1.01. The highest BCUT2D eigenvalue weighted by Crippen LogP contribution is 2.34. The van der Waals surface area contributed by atoms with Gasteiger partial charge in [0.2, 0.25) is 5.91 Å². The van der Waals surface area contributed by atoms with E-state index in [1.165, 1.54) is 27.8 Å². The Morgan fingerprint density at radius 1 is 1.24 bits per heavy atom. The molecular formula is C17H17F2N3O3. The van der Waals surface area contributed by atoms with Crippen molar-refractivity contribution in [2.45, 2.75) is 18.6 Å². The van der Waals surface area contributed by atoms with Crippen molar-refractivity contribution < 1.29 is 23.5 Å². The van der Waals surface area contributed by atoms with Crippen molar-refractivity contribution in [1.82, 2.24) is 9.47 Å². The number of aliphatic hydroxyl groups excluding tert-OH is 1. The molecule has 0 spiro atoms. The van der Waals surface area contributed by atoms with E-state index < -0.39 is 35.6 Å². The van der Waals surface area contributed by atoms with E-state index in [1.807, 2.05) is 0 Å². The molecule has 1 aromatic carbocycles. The fourth-order valence-corrected chi connectivity index (χ4v) is 3.13. The molecule has 1 aliphatic heterocycles. The van der Waals surface area contributed by atoms with Crippen LogP contribution in [-0.2, 0) is 7.05 Å². The SMILES string of the molecule is Cn1cc(C(N)=O)cc1C(=O)N1C[C@@H](O)C[C@@H]1c1ccc(F)c(F)c1. The Morgan fingerprint density at radius 3 is 2.56 bits per heavy atom. The summed E-state index contributed by atoms with van der Waals surface area (Å²) in [5.41, 5.74) is 6.03. The third-order valence-electron chi connectivity index (χ3n) is 4.38. The first-order valence-corrected chi connectivity index (χ1v) is 7.68. The molecule has 0 radical (unpaired) electrons. The van der Waals surface area contributed by atoms with E-state index >= 15 is 0 Å². The molecule has 2 atom stereocenters. The van der Waals surface area contributed by atoms with Gasteiger partial charge in [-0.05, 0) is 30.2 Å². The summed E-state index contributed by atoms with van der Waals surface area (Å²) in [5.74, 6) is -3.08. The normalized spacial score (nSPS) is 20.1. The van der Waals surface area contributed by atoms with Gasteiger partial charge in [-0.2, -0.15) is 0 Å². The van der Waals surface area contributed by atoms with Crippen molar-refractivity contribution in [3.8, 4) is 0 Å². The van der Waals surface area contributed by atoms with Gasteiger partial charge < -0.3 is 20.3 Å². The minimum absolute atomic E-state index is 0.0551. The van der Waals surface area contributed by atoms with Gasteiger partial charge in [0.15, 0.2) is 11.6 Å². The summed E-state index contributed by atoms with van der Waals surface area (Å²) in [7, 11) is 1.60. The lowest BCUT2D eigenvalue weighted by Gasteiger charge is -2.25. The van der Waals surface area contributed by atoms with E-state index in [4.69, 9.17) is 5.73 Å². The number of carbonyl (C=O) groups is 2. The van der Waals surface area contributed by atoms with Gasteiger partial charge >= 0.3 is 0 Å². The number of aromatic nitrogens is 1. The molecule has 25 heavy (non-hydrogen) atoms. The molecule has 1 aliphatic rings. The number of primary amides is 1. The topological polar surface area (TPSA) is 88.6 Å². The second-order valence-electron chi connectivity index (χ2n) is 6.13. The number of carbonyl (C=O) groups excluding carboxylic acids is 2. The quantitative estimate of drug-likeness (QED) is 0.877. The number of nitrogens with zero attached hydrogens (tertiary/aromatic N) is 2. The Bertz CT molecular complexity index is 850. The molecule has 8 heteroatoms. The van der Waals surface area contributed by atoms with Crippen molar-refractivity contribution in [3.05, 3.63) is 58.9 Å². The predicted molar refractivity (Wildman–Crippen MR) is 84.7 cm³/mol. The number of benzene rings is 1. The molecule has 0 saturated carbocycles. The largest absolute Gasteiger partial charge is 0.391 e. The third-order valence-corrected chi connectivity index (χ3v) is 4.38. The van der Waals surface area contributed by atoms with E-state index in [0.29, 0.717) is 5.56 Å². The number of rotatable bonds is 3. The van der Waals surface area contributed by atoms with E-state index in [0.717, 1.165) is 12.1 Å². The van der Waals surface area contributed by atoms with Crippen LogP contribution >= 0.6 is 0 Å². The summed E-state index contributed by atoms with van der Waals surface area (Å²) in [5, 5.41) is 9.97. The van der Waals surface area contributed by atoms with Crippen LogP contribution in [0, 0.1) is 11.6 Å². The Morgan fingerprint density at radius 2 is 1.96 bits per heavy atom. The molecule has 2 aromatic rings. The maximum Gasteiger partial charge on any atom is 0.271 e. The first-order chi connectivity index (χ1) is 11.8. The first kappa shape index (κ1) is 17.1. The number of aryl methyl sites for hydroxylation is 1. The zero-order valence-corrected chi connectivity index (χ0v) is 13.4. The van der Waals surface area contributed by atoms with Crippen LogP contribution in [0.15, 0.2) is 30.5 Å². The van der Waals surface area contributed by atoms with Crippen LogP contribution in [0.1, 0.15) is 38.9 Å². The summed E-state index contributed by atoms with van der Waals surface area (Å²) >= 11 is 0. The second-order valence-corrected chi connectivity index (χ2v) is 6.13. The highest BCUT2D eigenvalue weighted by molar-refractivity contribution is 5.99. The maximum absolute atomic E-state index is 13.5.